The van der Waals surface area contributed by atoms with Gasteiger partial charge in [-0.05, 0) is 12.1 Å². The zero-order valence-electron chi connectivity index (χ0n) is 7.38. The molecule has 0 saturated carbocycles. The van der Waals surface area contributed by atoms with Crippen LogP contribution in [0.3, 0.4) is 0 Å². The fourth-order valence-corrected chi connectivity index (χ4v) is 0.870. The standard InChI is InChI=1S/C9H9NO4/c11-8(6-10(12)13)7-14-9-4-2-1-3-5-9/h1-5H,6-7H2. The molecule has 0 aliphatic carbocycles. The Hall–Kier alpha value is -1.91. The largest absolute Gasteiger partial charge is 0.486 e. The third-order valence-corrected chi connectivity index (χ3v) is 1.45. The van der Waals surface area contributed by atoms with Crippen LogP contribution in [0, 0.1) is 10.1 Å². The molecule has 0 saturated heterocycles. The minimum Gasteiger partial charge on any atom is -0.486 e. The van der Waals surface area contributed by atoms with Crippen molar-refractivity contribution in [2.75, 3.05) is 13.2 Å². The van der Waals surface area contributed by atoms with Crippen molar-refractivity contribution in [2.24, 2.45) is 0 Å². The van der Waals surface area contributed by atoms with Crippen LogP contribution in [-0.4, -0.2) is 23.9 Å². The number of para-hydroxylation sites is 1. The molecule has 5 nitrogen and oxygen atoms in total. The molecular weight excluding hydrogens is 186 g/mol. The molecule has 0 amide bonds. The molecule has 0 aliphatic rings. The Labute approximate surface area is 80.5 Å². The lowest BCUT2D eigenvalue weighted by molar-refractivity contribution is -0.467. The summed E-state index contributed by atoms with van der Waals surface area (Å²) in [6.07, 6.45) is 0. The Morgan fingerprint density at radius 3 is 2.57 bits per heavy atom. The first-order chi connectivity index (χ1) is 6.68. The van der Waals surface area contributed by atoms with Gasteiger partial charge in [-0.1, -0.05) is 18.2 Å². The molecular formula is C9H9NO4. The van der Waals surface area contributed by atoms with Gasteiger partial charge in [0.15, 0.2) is 6.61 Å². The highest BCUT2D eigenvalue weighted by molar-refractivity contribution is 5.80. The molecule has 0 fully saturated rings. The molecule has 5 heteroatoms. The monoisotopic (exact) mass is 195 g/mol. The van der Waals surface area contributed by atoms with E-state index >= 15 is 0 Å². The van der Waals surface area contributed by atoms with Gasteiger partial charge in [0, 0.05) is 4.92 Å². The van der Waals surface area contributed by atoms with Crippen LogP contribution < -0.4 is 4.74 Å². The molecule has 0 unspecified atom stereocenters. The number of ether oxygens (including phenoxy) is 1. The predicted octanol–water partition coefficient (Wildman–Crippen LogP) is 0.911. The van der Waals surface area contributed by atoms with Crippen LogP contribution in [-0.2, 0) is 4.79 Å². The van der Waals surface area contributed by atoms with E-state index in [4.69, 9.17) is 4.74 Å². The second kappa shape index (κ2) is 4.96. The van der Waals surface area contributed by atoms with Gasteiger partial charge in [-0.25, -0.2) is 0 Å². The summed E-state index contributed by atoms with van der Waals surface area (Å²) in [6.45, 7) is -0.947. The summed E-state index contributed by atoms with van der Waals surface area (Å²) in [4.78, 5) is 20.1. The lowest BCUT2D eigenvalue weighted by Gasteiger charge is -2.02. The maximum Gasteiger partial charge on any atom is 0.264 e. The molecule has 0 aromatic heterocycles. The number of benzene rings is 1. The molecule has 1 rings (SSSR count). The van der Waals surface area contributed by atoms with Crippen LogP contribution in [0.15, 0.2) is 30.3 Å². The van der Waals surface area contributed by atoms with Crippen LogP contribution in [0.4, 0.5) is 0 Å². The number of carbonyl (C=O) groups is 1. The van der Waals surface area contributed by atoms with E-state index in [0.717, 1.165) is 0 Å². The van der Waals surface area contributed by atoms with Crippen molar-refractivity contribution in [3.05, 3.63) is 40.4 Å². The third-order valence-electron chi connectivity index (χ3n) is 1.45. The van der Waals surface area contributed by atoms with Crippen LogP contribution >= 0.6 is 0 Å². The number of nitro groups is 1. The number of hydrogen-bond donors (Lipinski definition) is 0. The molecule has 0 N–H and O–H groups in total. The molecule has 0 radical (unpaired) electrons. The van der Waals surface area contributed by atoms with Crippen molar-refractivity contribution in [1.29, 1.82) is 0 Å². The first-order valence-electron chi connectivity index (χ1n) is 4.00. The van der Waals surface area contributed by atoms with E-state index in [9.17, 15) is 14.9 Å². The smallest absolute Gasteiger partial charge is 0.264 e. The van der Waals surface area contributed by atoms with Crippen molar-refractivity contribution >= 4 is 5.78 Å². The van der Waals surface area contributed by atoms with Gasteiger partial charge in [-0.2, -0.15) is 0 Å². The normalized spacial score (nSPS) is 9.43. The van der Waals surface area contributed by atoms with E-state index in [-0.39, 0.29) is 6.61 Å². The zero-order chi connectivity index (χ0) is 10.4. The fraction of sp³-hybridized carbons (Fsp3) is 0.222. The first-order valence-corrected chi connectivity index (χ1v) is 4.00. The summed E-state index contributed by atoms with van der Waals surface area (Å²) in [5.41, 5.74) is 0. The summed E-state index contributed by atoms with van der Waals surface area (Å²) >= 11 is 0. The average Bonchev–Trinajstić information content (AvgIpc) is 2.15. The fourth-order valence-electron chi connectivity index (χ4n) is 0.870. The van der Waals surface area contributed by atoms with Crippen molar-refractivity contribution < 1.29 is 14.5 Å². The van der Waals surface area contributed by atoms with E-state index in [2.05, 4.69) is 0 Å². The molecule has 0 spiro atoms. The van der Waals surface area contributed by atoms with Crippen molar-refractivity contribution in [1.82, 2.24) is 0 Å². The Balaban J connectivity index is 2.34. The molecule has 0 bridgehead atoms. The zero-order valence-corrected chi connectivity index (χ0v) is 7.38. The maximum absolute atomic E-state index is 10.9. The van der Waals surface area contributed by atoms with Crippen LogP contribution in [0.5, 0.6) is 5.75 Å². The molecule has 74 valence electrons. The Morgan fingerprint density at radius 2 is 2.00 bits per heavy atom. The average molecular weight is 195 g/mol. The Bertz CT molecular complexity index is 323. The minimum atomic E-state index is -0.688. The van der Waals surface area contributed by atoms with Crippen LogP contribution in [0.2, 0.25) is 0 Å². The van der Waals surface area contributed by atoms with Crippen LogP contribution in [0.25, 0.3) is 0 Å². The van der Waals surface area contributed by atoms with Crippen LogP contribution in [0.1, 0.15) is 0 Å². The number of rotatable bonds is 5. The highest BCUT2D eigenvalue weighted by atomic mass is 16.6. The lowest BCUT2D eigenvalue weighted by atomic mass is 10.3. The summed E-state index contributed by atoms with van der Waals surface area (Å²) in [6, 6.07) is 8.69. The van der Waals surface area contributed by atoms with Gasteiger partial charge >= 0.3 is 0 Å². The minimum absolute atomic E-state index is 0.259. The number of hydrogen-bond acceptors (Lipinski definition) is 4. The molecule has 0 atom stereocenters. The van der Waals surface area contributed by atoms with Gasteiger partial charge in [-0.3, -0.25) is 14.9 Å². The van der Waals surface area contributed by atoms with Gasteiger partial charge in [0.1, 0.15) is 5.75 Å². The van der Waals surface area contributed by atoms with E-state index in [1.165, 1.54) is 0 Å². The predicted molar refractivity (Wildman–Crippen MR) is 48.8 cm³/mol. The van der Waals surface area contributed by atoms with Crippen molar-refractivity contribution in [3.8, 4) is 5.75 Å². The van der Waals surface area contributed by atoms with E-state index in [0.29, 0.717) is 5.75 Å². The third kappa shape index (κ3) is 3.66. The molecule has 14 heavy (non-hydrogen) atoms. The van der Waals surface area contributed by atoms with Gasteiger partial charge in [0.05, 0.1) is 0 Å². The Kier molecular flexibility index (Phi) is 3.60. The number of Topliss-reactive ketones (excluding diaryl/α,β-unsaturated/α-hetero) is 1. The van der Waals surface area contributed by atoms with Crippen molar-refractivity contribution in [3.63, 3.8) is 0 Å². The quantitative estimate of drug-likeness (QED) is 0.517. The van der Waals surface area contributed by atoms with E-state index in [1.54, 1.807) is 24.3 Å². The number of nitrogens with zero attached hydrogens (tertiary/aromatic N) is 1. The SMILES string of the molecule is O=C(COc1ccccc1)C[N+](=O)[O-]. The molecule has 0 heterocycles. The number of ketones is 1. The highest BCUT2D eigenvalue weighted by Crippen LogP contribution is 2.07. The second-order valence-electron chi connectivity index (χ2n) is 2.63. The van der Waals surface area contributed by atoms with Gasteiger partial charge in [0.25, 0.3) is 6.54 Å². The molecule has 0 aliphatic heterocycles. The molecule has 1 aromatic carbocycles. The lowest BCUT2D eigenvalue weighted by Crippen LogP contribution is -2.20. The summed E-state index contributed by atoms with van der Waals surface area (Å²) < 4.78 is 5.01. The topological polar surface area (TPSA) is 69.4 Å². The van der Waals surface area contributed by atoms with E-state index < -0.39 is 17.3 Å². The Morgan fingerprint density at radius 1 is 1.36 bits per heavy atom. The number of carbonyl (C=O) groups excluding carboxylic acids is 1. The van der Waals surface area contributed by atoms with Gasteiger partial charge in [0.2, 0.25) is 5.78 Å². The second-order valence-corrected chi connectivity index (χ2v) is 2.63. The van der Waals surface area contributed by atoms with Gasteiger partial charge in [-0.15, -0.1) is 0 Å². The highest BCUT2D eigenvalue weighted by Gasteiger charge is 2.09. The summed E-state index contributed by atoms with van der Waals surface area (Å²) in [5.74, 6) is -0.0111. The maximum atomic E-state index is 10.9. The summed E-state index contributed by atoms with van der Waals surface area (Å²) in [5, 5.41) is 9.95. The first kappa shape index (κ1) is 10.2. The van der Waals surface area contributed by atoms with Gasteiger partial charge < -0.3 is 4.74 Å². The molecule has 1 aromatic rings. The van der Waals surface area contributed by atoms with E-state index in [1.807, 2.05) is 6.07 Å². The summed E-state index contributed by atoms with van der Waals surface area (Å²) in [7, 11) is 0. The van der Waals surface area contributed by atoms with Crippen molar-refractivity contribution in [2.45, 2.75) is 0 Å².